The molecule has 10 nitrogen and oxygen atoms in total. The topological polar surface area (TPSA) is 145 Å². The predicted molar refractivity (Wildman–Crippen MR) is 134 cm³/mol. The molecular weight excluding hydrogens is 483 g/mol. The Kier molecular flexibility index (Phi) is 5.12. The lowest BCUT2D eigenvalue weighted by molar-refractivity contribution is 0.586. The van der Waals surface area contributed by atoms with E-state index in [1.807, 2.05) is 12.1 Å². The summed E-state index contributed by atoms with van der Waals surface area (Å²) in [6.45, 7) is -0.0162. The van der Waals surface area contributed by atoms with Crippen LogP contribution in [0, 0.1) is 5.82 Å². The van der Waals surface area contributed by atoms with Crippen molar-refractivity contribution in [2.45, 2.75) is 6.54 Å². The summed E-state index contributed by atoms with van der Waals surface area (Å²) >= 11 is 0. The number of nitrogens with zero attached hydrogens (tertiary/aromatic N) is 4. The van der Waals surface area contributed by atoms with Crippen LogP contribution in [-0.4, -0.2) is 50.0 Å². The SMILES string of the molecule is CS(=O)(=O)NCc1cc(F)cc(-c2cncc3[nH]c(-c4n[nH]c5cnc(-c6cn[nH]c6)cc45)cc23)c1. The quantitative estimate of drug-likeness (QED) is 0.273. The number of nitrogens with one attached hydrogen (secondary N) is 4. The van der Waals surface area contributed by atoms with Crippen molar-refractivity contribution in [3.63, 3.8) is 0 Å². The predicted octanol–water partition coefficient (Wildman–Crippen LogP) is 3.75. The fraction of sp³-hybridized carbons (Fsp3) is 0.0833. The molecular formula is C24H19FN8O2S. The maximum Gasteiger partial charge on any atom is 0.209 e. The zero-order valence-electron chi connectivity index (χ0n) is 18.9. The highest BCUT2D eigenvalue weighted by Gasteiger charge is 2.16. The Labute approximate surface area is 204 Å². The van der Waals surface area contributed by atoms with Crippen molar-refractivity contribution in [1.29, 1.82) is 0 Å². The molecule has 0 aliphatic heterocycles. The number of rotatable bonds is 6. The number of fused-ring (bicyclic) bond motifs is 2. The Morgan fingerprint density at radius 2 is 1.86 bits per heavy atom. The van der Waals surface area contributed by atoms with E-state index in [4.69, 9.17) is 0 Å². The van der Waals surface area contributed by atoms with Crippen LogP contribution in [0.4, 0.5) is 4.39 Å². The average molecular weight is 503 g/mol. The van der Waals surface area contributed by atoms with Crippen LogP contribution in [0.1, 0.15) is 5.56 Å². The third kappa shape index (κ3) is 4.12. The lowest BCUT2D eigenvalue weighted by Crippen LogP contribution is -2.21. The first kappa shape index (κ1) is 22.1. The van der Waals surface area contributed by atoms with Gasteiger partial charge in [0.2, 0.25) is 10.0 Å². The molecule has 0 radical (unpaired) electrons. The Morgan fingerprint density at radius 1 is 0.972 bits per heavy atom. The normalized spacial score (nSPS) is 12.1. The second kappa shape index (κ2) is 8.36. The maximum atomic E-state index is 14.5. The third-order valence-corrected chi connectivity index (χ3v) is 6.52. The molecule has 0 aliphatic carbocycles. The van der Waals surface area contributed by atoms with E-state index in [1.54, 1.807) is 37.1 Å². The molecule has 0 saturated heterocycles. The van der Waals surface area contributed by atoms with E-state index in [0.717, 1.165) is 45.0 Å². The van der Waals surface area contributed by atoms with Gasteiger partial charge in [0.05, 0.1) is 47.3 Å². The molecule has 0 bridgehead atoms. The molecule has 0 saturated carbocycles. The summed E-state index contributed by atoms with van der Waals surface area (Å²) in [7, 11) is -3.41. The van der Waals surface area contributed by atoms with Gasteiger partial charge in [-0.15, -0.1) is 0 Å². The van der Waals surface area contributed by atoms with Crippen LogP contribution in [0.2, 0.25) is 0 Å². The van der Waals surface area contributed by atoms with Crippen molar-refractivity contribution in [3.8, 4) is 33.8 Å². The molecule has 0 atom stereocenters. The number of halogens is 1. The molecule has 180 valence electrons. The monoisotopic (exact) mass is 502 g/mol. The molecule has 6 rings (SSSR count). The van der Waals surface area contributed by atoms with Gasteiger partial charge in [0, 0.05) is 40.8 Å². The highest BCUT2D eigenvalue weighted by molar-refractivity contribution is 7.88. The summed E-state index contributed by atoms with van der Waals surface area (Å²) in [5.41, 5.74) is 6.40. The number of hydrogen-bond donors (Lipinski definition) is 4. The molecule has 36 heavy (non-hydrogen) atoms. The lowest BCUT2D eigenvalue weighted by Gasteiger charge is -2.08. The lowest BCUT2D eigenvalue weighted by atomic mass is 10.0. The van der Waals surface area contributed by atoms with Gasteiger partial charge >= 0.3 is 0 Å². The van der Waals surface area contributed by atoms with Gasteiger partial charge in [0.15, 0.2) is 0 Å². The van der Waals surface area contributed by atoms with Crippen molar-refractivity contribution in [3.05, 3.63) is 72.7 Å². The first-order valence-corrected chi connectivity index (χ1v) is 12.8. The number of pyridine rings is 2. The standard InChI is InChI=1S/C24H19FN8O2S/c1-36(34,35)30-7-13-2-14(4-16(25)3-13)19-10-26-11-22-17(19)5-21(31-22)24-18-6-20(15-8-28-29-9-15)27-12-23(18)32-33-24/h2-6,8-12,30-31H,7H2,1H3,(H,28,29)(H,32,33). The summed E-state index contributed by atoms with van der Waals surface area (Å²) in [5, 5.41) is 16.0. The van der Waals surface area contributed by atoms with E-state index in [1.165, 1.54) is 12.1 Å². The van der Waals surface area contributed by atoms with Crippen molar-refractivity contribution >= 4 is 31.8 Å². The summed E-state index contributed by atoms with van der Waals surface area (Å²) in [4.78, 5) is 12.2. The number of hydrogen-bond acceptors (Lipinski definition) is 6. The fourth-order valence-electron chi connectivity index (χ4n) is 4.20. The Balaban J connectivity index is 1.44. The molecule has 0 spiro atoms. The summed E-state index contributed by atoms with van der Waals surface area (Å²) in [6, 6.07) is 8.34. The van der Waals surface area contributed by atoms with Gasteiger partial charge < -0.3 is 4.98 Å². The minimum absolute atomic E-state index is 0.0162. The molecule has 4 N–H and O–H groups in total. The Bertz CT molecular complexity index is 1840. The molecule has 1 aromatic carbocycles. The largest absolute Gasteiger partial charge is 0.352 e. The van der Waals surface area contributed by atoms with Crippen molar-refractivity contribution in [2.24, 2.45) is 0 Å². The van der Waals surface area contributed by atoms with E-state index >= 15 is 0 Å². The molecule has 5 aromatic heterocycles. The number of H-pyrrole nitrogens is 3. The van der Waals surface area contributed by atoms with Gasteiger partial charge in [-0.3, -0.25) is 20.2 Å². The molecule has 12 heteroatoms. The maximum absolute atomic E-state index is 14.5. The highest BCUT2D eigenvalue weighted by atomic mass is 32.2. The van der Waals surface area contributed by atoms with Crippen LogP contribution in [-0.2, 0) is 16.6 Å². The van der Waals surface area contributed by atoms with Gasteiger partial charge in [0.25, 0.3) is 0 Å². The van der Waals surface area contributed by atoms with Gasteiger partial charge in [-0.05, 0) is 41.5 Å². The molecule has 0 fully saturated rings. The third-order valence-electron chi connectivity index (χ3n) is 5.85. The summed E-state index contributed by atoms with van der Waals surface area (Å²) in [6.07, 6.45) is 9.61. The van der Waals surface area contributed by atoms with E-state index < -0.39 is 15.8 Å². The average Bonchev–Trinajstić information content (AvgIpc) is 3.60. The smallest absolute Gasteiger partial charge is 0.209 e. The molecule has 0 unspecified atom stereocenters. The van der Waals surface area contributed by atoms with Gasteiger partial charge in [-0.2, -0.15) is 10.2 Å². The Morgan fingerprint density at radius 3 is 2.67 bits per heavy atom. The summed E-state index contributed by atoms with van der Waals surface area (Å²) in [5.74, 6) is -0.469. The number of benzene rings is 1. The first-order chi connectivity index (χ1) is 17.3. The van der Waals surface area contributed by atoms with Gasteiger partial charge in [-0.25, -0.2) is 17.5 Å². The van der Waals surface area contributed by atoms with E-state index in [9.17, 15) is 12.8 Å². The fourth-order valence-corrected chi connectivity index (χ4v) is 4.63. The van der Waals surface area contributed by atoms with Crippen LogP contribution < -0.4 is 4.72 Å². The van der Waals surface area contributed by atoms with Crippen molar-refractivity contribution < 1.29 is 12.8 Å². The highest BCUT2D eigenvalue weighted by Crippen LogP contribution is 2.34. The minimum atomic E-state index is -3.41. The van der Waals surface area contributed by atoms with Crippen molar-refractivity contribution in [2.75, 3.05) is 6.26 Å². The molecule has 0 aliphatic rings. The second-order valence-electron chi connectivity index (χ2n) is 8.45. The Hall–Kier alpha value is -4.42. The van der Waals surface area contributed by atoms with E-state index in [2.05, 4.69) is 40.1 Å². The number of sulfonamides is 1. The molecule has 0 amide bonds. The second-order valence-corrected chi connectivity index (χ2v) is 10.3. The zero-order chi connectivity index (χ0) is 24.9. The van der Waals surface area contributed by atoms with Crippen LogP contribution in [0.15, 0.2) is 61.3 Å². The molecule has 6 aromatic rings. The van der Waals surface area contributed by atoms with Crippen LogP contribution >= 0.6 is 0 Å². The zero-order valence-corrected chi connectivity index (χ0v) is 19.7. The van der Waals surface area contributed by atoms with E-state index in [0.29, 0.717) is 22.4 Å². The number of aromatic amines is 3. The number of aromatic nitrogens is 7. The van der Waals surface area contributed by atoms with Crippen LogP contribution in [0.25, 0.3) is 55.6 Å². The van der Waals surface area contributed by atoms with Crippen LogP contribution in [0.5, 0.6) is 0 Å². The minimum Gasteiger partial charge on any atom is -0.352 e. The molecule has 5 heterocycles. The van der Waals surface area contributed by atoms with Gasteiger partial charge in [-0.1, -0.05) is 0 Å². The van der Waals surface area contributed by atoms with E-state index in [-0.39, 0.29) is 6.54 Å². The first-order valence-electron chi connectivity index (χ1n) is 10.9. The summed E-state index contributed by atoms with van der Waals surface area (Å²) < 4.78 is 39.8. The van der Waals surface area contributed by atoms with Gasteiger partial charge in [0.1, 0.15) is 11.5 Å². The van der Waals surface area contributed by atoms with Crippen LogP contribution in [0.3, 0.4) is 0 Å². The van der Waals surface area contributed by atoms with Crippen molar-refractivity contribution in [1.82, 2.24) is 40.1 Å².